The van der Waals surface area contributed by atoms with E-state index >= 15 is 0 Å². The number of benzene rings is 1. The zero-order valence-electron chi connectivity index (χ0n) is 11.4. The van der Waals surface area contributed by atoms with Crippen LogP contribution in [0.3, 0.4) is 0 Å². The molecule has 0 aliphatic heterocycles. The lowest BCUT2D eigenvalue weighted by Crippen LogP contribution is -2.23. The van der Waals surface area contributed by atoms with Crippen LogP contribution in [0.25, 0.3) is 0 Å². The van der Waals surface area contributed by atoms with Gasteiger partial charge in [-0.25, -0.2) is 0 Å². The smallest absolute Gasteiger partial charge is 0.121 e. The van der Waals surface area contributed by atoms with Crippen molar-refractivity contribution < 1.29 is 5.11 Å². The molecule has 0 amide bonds. The van der Waals surface area contributed by atoms with Crippen molar-refractivity contribution in [3.05, 3.63) is 41.0 Å². The van der Waals surface area contributed by atoms with Gasteiger partial charge in [-0.2, -0.15) is 0 Å². The van der Waals surface area contributed by atoms with E-state index in [1.165, 1.54) is 24.8 Å². The van der Waals surface area contributed by atoms with Gasteiger partial charge in [0.15, 0.2) is 0 Å². The van der Waals surface area contributed by atoms with Crippen LogP contribution in [0.15, 0.2) is 24.3 Å². The molecule has 0 bridgehead atoms. The Kier molecular flexibility index (Phi) is 4.43. The molecule has 2 nitrogen and oxygen atoms in total. The van der Waals surface area contributed by atoms with Gasteiger partial charge in [-0.3, -0.25) is 0 Å². The van der Waals surface area contributed by atoms with Gasteiger partial charge in [0.2, 0.25) is 0 Å². The topological polar surface area (TPSA) is 32.3 Å². The number of phenols is 1. The molecule has 98 valence electrons. The molecule has 0 aromatic heterocycles. The van der Waals surface area contributed by atoms with Gasteiger partial charge < -0.3 is 10.4 Å². The highest BCUT2D eigenvalue weighted by atomic mass is 16.3. The van der Waals surface area contributed by atoms with Crippen molar-refractivity contribution in [2.24, 2.45) is 5.92 Å². The number of rotatable bonds is 4. The van der Waals surface area contributed by atoms with E-state index in [0.29, 0.717) is 5.75 Å². The minimum absolute atomic E-state index is 0.427. The van der Waals surface area contributed by atoms with Gasteiger partial charge in [0.05, 0.1) is 0 Å². The van der Waals surface area contributed by atoms with E-state index in [-0.39, 0.29) is 0 Å². The number of hydrogen-bond donors (Lipinski definition) is 2. The molecule has 1 aliphatic carbocycles. The lowest BCUT2D eigenvalue weighted by molar-refractivity contribution is 0.440. The molecular weight excluding hydrogens is 222 g/mol. The average molecular weight is 245 g/mol. The van der Waals surface area contributed by atoms with Crippen LogP contribution < -0.4 is 5.32 Å². The molecule has 1 aromatic rings. The van der Waals surface area contributed by atoms with E-state index in [1.807, 2.05) is 13.8 Å². The van der Waals surface area contributed by atoms with E-state index in [4.69, 9.17) is 0 Å². The minimum atomic E-state index is 0.427. The van der Waals surface area contributed by atoms with Crippen LogP contribution in [0.2, 0.25) is 0 Å². The first-order valence-corrected chi connectivity index (χ1v) is 6.81. The van der Waals surface area contributed by atoms with E-state index in [1.54, 1.807) is 0 Å². The second kappa shape index (κ2) is 6.05. The molecule has 1 aliphatic rings. The summed E-state index contributed by atoms with van der Waals surface area (Å²) in [7, 11) is 0. The summed E-state index contributed by atoms with van der Waals surface area (Å²) in [6.45, 7) is 5.89. The average Bonchev–Trinajstić information content (AvgIpc) is 2.37. The molecule has 0 saturated carbocycles. The Hall–Kier alpha value is -1.28. The molecule has 0 heterocycles. The lowest BCUT2D eigenvalue weighted by Gasteiger charge is -2.18. The highest BCUT2D eigenvalue weighted by Crippen LogP contribution is 2.23. The van der Waals surface area contributed by atoms with Crippen molar-refractivity contribution in [2.45, 2.75) is 39.7 Å². The molecule has 0 spiro atoms. The zero-order chi connectivity index (χ0) is 13.0. The summed E-state index contributed by atoms with van der Waals surface area (Å²) in [6.07, 6.45) is 8.31. The number of hydrogen-bond acceptors (Lipinski definition) is 2. The van der Waals surface area contributed by atoms with Gasteiger partial charge in [0.25, 0.3) is 0 Å². The Morgan fingerprint density at radius 3 is 2.56 bits per heavy atom. The highest BCUT2D eigenvalue weighted by Gasteiger charge is 2.09. The van der Waals surface area contributed by atoms with Crippen molar-refractivity contribution in [3.8, 4) is 5.75 Å². The fourth-order valence-electron chi connectivity index (χ4n) is 2.61. The monoisotopic (exact) mass is 245 g/mol. The van der Waals surface area contributed by atoms with Gasteiger partial charge in [-0.1, -0.05) is 24.3 Å². The zero-order valence-corrected chi connectivity index (χ0v) is 11.4. The molecule has 1 atom stereocenters. The van der Waals surface area contributed by atoms with Crippen molar-refractivity contribution >= 4 is 0 Å². The van der Waals surface area contributed by atoms with Crippen LogP contribution in [0, 0.1) is 19.8 Å². The normalized spacial score (nSPS) is 19.1. The van der Waals surface area contributed by atoms with Gasteiger partial charge in [0.1, 0.15) is 5.75 Å². The standard InChI is InChI=1S/C16H23NO/c1-12-8-15(9-13(2)16(12)18)11-17-10-14-6-4-3-5-7-14/h3-4,8-9,14,17-18H,5-7,10-11H2,1-2H3. The molecule has 0 radical (unpaired) electrons. The Bertz CT molecular complexity index is 414. The predicted octanol–water partition coefficient (Wildman–Crippen LogP) is 3.45. The Balaban J connectivity index is 1.84. The number of phenolic OH excluding ortho intramolecular Hbond substituents is 1. The maximum atomic E-state index is 9.73. The van der Waals surface area contributed by atoms with Gasteiger partial charge in [-0.15, -0.1) is 0 Å². The molecule has 2 rings (SSSR count). The summed E-state index contributed by atoms with van der Waals surface area (Å²) < 4.78 is 0. The number of aryl methyl sites for hydroxylation is 2. The second-order valence-electron chi connectivity index (χ2n) is 5.36. The number of allylic oxidation sites excluding steroid dienone is 2. The van der Waals surface area contributed by atoms with Crippen molar-refractivity contribution in [1.29, 1.82) is 0 Å². The molecule has 18 heavy (non-hydrogen) atoms. The van der Waals surface area contributed by atoms with E-state index in [0.717, 1.165) is 30.1 Å². The van der Waals surface area contributed by atoms with Crippen LogP contribution in [-0.2, 0) is 6.54 Å². The first-order valence-electron chi connectivity index (χ1n) is 6.81. The summed E-state index contributed by atoms with van der Waals surface area (Å²) in [5.41, 5.74) is 3.19. The molecule has 0 saturated heterocycles. The van der Waals surface area contributed by atoms with E-state index in [2.05, 4.69) is 29.6 Å². The van der Waals surface area contributed by atoms with Gasteiger partial charge >= 0.3 is 0 Å². The van der Waals surface area contributed by atoms with Crippen molar-refractivity contribution in [1.82, 2.24) is 5.32 Å². The van der Waals surface area contributed by atoms with Crippen LogP contribution in [0.4, 0.5) is 0 Å². The van der Waals surface area contributed by atoms with E-state index in [9.17, 15) is 5.11 Å². The van der Waals surface area contributed by atoms with Crippen LogP contribution >= 0.6 is 0 Å². The largest absolute Gasteiger partial charge is 0.507 e. The summed E-state index contributed by atoms with van der Waals surface area (Å²) in [4.78, 5) is 0. The molecule has 2 heteroatoms. The second-order valence-corrected chi connectivity index (χ2v) is 5.36. The third-order valence-corrected chi connectivity index (χ3v) is 3.69. The number of aromatic hydroxyl groups is 1. The van der Waals surface area contributed by atoms with Gasteiger partial charge in [-0.05, 0) is 62.3 Å². The predicted molar refractivity (Wildman–Crippen MR) is 75.8 cm³/mol. The first kappa shape index (κ1) is 13.2. The molecule has 1 unspecified atom stereocenters. The lowest BCUT2D eigenvalue weighted by atomic mass is 9.94. The Labute approximate surface area is 110 Å². The summed E-state index contributed by atoms with van der Waals surface area (Å²) >= 11 is 0. The first-order chi connectivity index (χ1) is 8.66. The summed E-state index contributed by atoms with van der Waals surface area (Å²) in [6, 6.07) is 4.13. The van der Waals surface area contributed by atoms with Crippen molar-refractivity contribution in [2.75, 3.05) is 6.54 Å². The fraction of sp³-hybridized carbons (Fsp3) is 0.500. The van der Waals surface area contributed by atoms with Gasteiger partial charge in [0, 0.05) is 6.54 Å². The van der Waals surface area contributed by atoms with Crippen LogP contribution in [0.1, 0.15) is 36.0 Å². The fourth-order valence-corrected chi connectivity index (χ4v) is 2.61. The molecular formula is C16H23NO. The maximum Gasteiger partial charge on any atom is 0.121 e. The van der Waals surface area contributed by atoms with E-state index < -0.39 is 0 Å². The SMILES string of the molecule is Cc1cc(CNCC2CC=CCC2)cc(C)c1O. The minimum Gasteiger partial charge on any atom is -0.507 e. The number of nitrogens with one attached hydrogen (secondary N) is 1. The quantitative estimate of drug-likeness (QED) is 0.796. The molecule has 0 fully saturated rings. The summed E-state index contributed by atoms with van der Waals surface area (Å²) in [5, 5.41) is 13.3. The maximum absolute atomic E-state index is 9.73. The molecule has 1 aromatic carbocycles. The summed E-state index contributed by atoms with van der Waals surface area (Å²) in [5.74, 6) is 1.21. The highest BCUT2D eigenvalue weighted by molar-refractivity contribution is 5.42. The Morgan fingerprint density at radius 1 is 1.22 bits per heavy atom. The third-order valence-electron chi connectivity index (χ3n) is 3.69. The van der Waals surface area contributed by atoms with Crippen LogP contribution in [-0.4, -0.2) is 11.7 Å². The third kappa shape index (κ3) is 3.36. The molecule has 2 N–H and O–H groups in total. The van der Waals surface area contributed by atoms with Crippen molar-refractivity contribution in [3.63, 3.8) is 0 Å². The Morgan fingerprint density at radius 2 is 1.94 bits per heavy atom. The van der Waals surface area contributed by atoms with Crippen LogP contribution in [0.5, 0.6) is 5.75 Å².